The zero-order valence-electron chi connectivity index (χ0n) is 5.85. The van der Waals surface area contributed by atoms with E-state index in [0.29, 0.717) is 6.42 Å². The fraction of sp³-hybridized carbons (Fsp3) is 0.714. The highest BCUT2D eigenvalue weighted by Gasteiger charge is 2.19. The first-order valence-electron chi connectivity index (χ1n) is 2.87. The van der Waals surface area contributed by atoms with E-state index < -0.39 is 5.60 Å². The van der Waals surface area contributed by atoms with Gasteiger partial charge in [-0.05, 0) is 6.42 Å². The van der Waals surface area contributed by atoms with E-state index in [0.717, 1.165) is 0 Å². The minimum Gasteiger partial charge on any atom is -0.381 e. The average Bonchev–Trinajstić information content (AvgIpc) is 1.89. The van der Waals surface area contributed by atoms with Crippen LogP contribution in [-0.4, -0.2) is 24.4 Å². The van der Waals surface area contributed by atoms with Crippen molar-refractivity contribution in [3.63, 3.8) is 0 Å². The number of aliphatic hydroxyl groups is 1. The topological polar surface area (TPSA) is 29.5 Å². The first-order valence-corrected chi connectivity index (χ1v) is 2.87. The van der Waals surface area contributed by atoms with Crippen molar-refractivity contribution < 1.29 is 9.84 Å². The summed E-state index contributed by atoms with van der Waals surface area (Å²) in [6.07, 6.45) is 5.55. The fourth-order valence-corrected chi connectivity index (χ4v) is 0.485. The summed E-state index contributed by atoms with van der Waals surface area (Å²) in [6.45, 7) is 2.03. The lowest BCUT2D eigenvalue weighted by Crippen LogP contribution is -2.30. The Labute approximate surface area is 55.8 Å². The molecule has 0 aliphatic heterocycles. The summed E-state index contributed by atoms with van der Waals surface area (Å²) in [6, 6.07) is 0. The normalized spacial score (nSPS) is 16.2. The molecule has 0 radical (unpaired) electrons. The van der Waals surface area contributed by atoms with Crippen LogP contribution in [0.3, 0.4) is 0 Å². The average molecular weight is 128 g/mol. The molecule has 0 bridgehead atoms. The summed E-state index contributed by atoms with van der Waals surface area (Å²) in [5.74, 6) is 2.26. The number of ether oxygens (including phenoxy) is 1. The molecule has 0 fully saturated rings. The molecular weight excluding hydrogens is 116 g/mol. The molecule has 1 atom stereocenters. The molecule has 0 spiro atoms. The van der Waals surface area contributed by atoms with Gasteiger partial charge in [0, 0.05) is 7.11 Å². The standard InChI is InChI=1S/C7H12O2/c1-4-7(8,5-2)6-9-3/h1,8H,5-6H2,2-3H3. The van der Waals surface area contributed by atoms with Crippen LogP contribution in [0.15, 0.2) is 0 Å². The maximum Gasteiger partial charge on any atom is 0.148 e. The smallest absolute Gasteiger partial charge is 0.148 e. The van der Waals surface area contributed by atoms with Crippen molar-refractivity contribution in [3.8, 4) is 12.3 Å². The van der Waals surface area contributed by atoms with Crippen LogP contribution in [0.25, 0.3) is 0 Å². The summed E-state index contributed by atoms with van der Waals surface area (Å²) in [5, 5.41) is 9.27. The third-order valence-corrected chi connectivity index (χ3v) is 1.24. The van der Waals surface area contributed by atoms with E-state index >= 15 is 0 Å². The van der Waals surface area contributed by atoms with Crippen molar-refractivity contribution in [1.29, 1.82) is 0 Å². The summed E-state index contributed by atoms with van der Waals surface area (Å²) in [5.41, 5.74) is -1.06. The van der Waals surface area contributed by atoms with E-state index in [1.54, 1.807) is 0 Å². The molecule has 0 aromatic heterocycles. The summed E-state index contributed by atoms with van der Waals surface area (Å²) >= 11 is 0. The number of terminal acetylenes is 1. The van der Waals surface area contributed by atoms with E-state index in [-0.39, 0.29) is 6.61 Å². The Kier molecular flexibility index (Phi) is 3.29. The maximum atomic E-state index is 9.27. The van der Waals surface area contributed by atoms with Gasteiger partial charge in [0.25, 0.3) is 0 Å². The van der Waals surface area contributed by atoms with E-state index in [4.69, 9.17) is 11.2 Å². The number of hydrogen-bond donors (Lipinski definition) is 1. The molecule has 1 N–H and O–H groups in total. The van der Waals surface area contributed by atoms with Gasteiger partial charge in [-0.2, -0.15) is 0 Å². The maximum absolute atomic E-state index is 9.27. The van der Waals surface area contributed by atoms with E-state index in [2.05, 4.69) is 5.92 Å². The van der Waals surface area contributed by atoms with E-state index in [1.807, 2.05) is 6.92 Å². The highest BCUT2D eigenvalue weighted by Crippen LogP contribution is 2.07. The lowest BCUT2D eigenvalue weighted by molar-refractivity contribution is 0.0112. The van der Waals surface area contributed by atoms with Gasteiger partial charge in [0.1, 0.15) is 5.60 Å². The van der Waals surface area contributed by atoms with Crippen LogP contribution in [0.4, 0.5) is 0 Å². The number of rotatable bonds is 3. The van der Waals surface area contributed by atoms with Crippen LogP contribution in [0.2, 0.25) is 0 Å². The van der Waals surface area contributed by atoms with Crippen LogP contribution in [-0.2, 0) is 4.74 Å². The van der Waals surface area contributed by atoms with Gasteiger partial charge in [-0.3, -0.25) is 0 Å². The van der Waals surface area contributed by atoms with Gasteiger partial charge in [0.2, 0.25) is 0 Å². The molecule has 0 rings (SSSR count). The second-order valence-corrected chi connectivity index (χ2v) is 1.96. The van der Waals surface area contributed by atoms with Crippen molar-refractivity contribution >= 4 is 0 Å². The largest absolute Gasteiger partial charge is 0.381 e. The Morgan fingerprint density at radius 1 is 1.78 bits per heavy atom. The highest BCUT2D eigenvalue weighted by atomic mass is 16.5. The van der Waals surface area contributed by atoms with Gasteiger partial charge in [0.05, 0.1) is 6.61 Å². The second-order valence-electron chi connectivity index (χ2n) is 1.96. The van der Waals surface area contributed by atoms with Gasteiger partial charge in [-0.25, -0.2) is 0 Å². The van der Waals surface area contributed by atoms with E-state index in [9.17, 15) is 5.11 Å². The Bertz CT molecular complexity index is 115. The third kappa shape index (κ3) is 2.50. The van der Waals surface area contributed by atoms with Gasteiger partial charge in [0.15, 0.2) is 0 Å². The van der Waals surface area contributed by atoms with Crippen molar-refractivity contribution in [2.45, 2.75) is 18.9 Å². The minimum atomic E-state index is -1.06. The summed E-state index contributed by atoms with van der Waals surface area (Å²) in [4.78, 5) is 0. The first-order chi connectivity index (χ1) is 4.18. The first kappa shape index (κ1) is 8.48. The lowest BCUT2D eigenvalue weighted by Gasteiger charge is -2.17. The molecule has 52 valence electrons. The lowest BCUT2D eigenvalue weighted by atomic mass is 10.0. The van der Waals surface area contributed by atoms with E-state index in [1.165, 1.54) is 7.11 Å². The zero-order valence-corrected chi connectivity index (χ0v) is 5.85. The Morgan fingerprint density at radius 2 is 2.33 bits per heavy atom. The molecule has 0 heterocycles. The van der Waals surface area contributed by atoms with Crippen molar-refractivity contribution in [2.24, 2.45) is 0 Å². The third-order valence-electron chi connectivity index (χ3n) is 1.24. The molecule has 2 heteroatoms. The van der Waals surface area contributed by atoms with Gasteiger partial charge in [-0.1, -0.05) is 12.8 Å². The molecule has 9 heavy (non-hydrogen) atoms. The monoisotopic (exact) mass is 128 g/mol. The molecule has 0 aliphatic rings. The molecule has 0 aromatic rings. The van der Waals surface area contributed by atoms with Crippen LogP contribution in [0.5, 0.6) is 0 Å². The summed E-state index contributed by atoms with van der Waals surface area (Å²) in [7, 11) is 1.51. The fourth-order valence-electron chi connectivity index (χ4n) is 0.485. The van der Waals surface area contributed by atoms with Gasteiger partial charge < -0.3 is 9.84 Å². The van der Waals surface area contributed by atoms with Crippen molar-refractivity contribution in [3.05, 3.63) is 0 Å². The number of methoxy groups -OCH3 is 1. The minimum absolute atomic E-state index is 0.208. The Hall–Kier alpha value is -0.520. The van der Waals surface area contributed by atoms with Crippen LogP contribution in [0.1, 0.15) is 13.3 Å². The predicted octanol–water partition coefficient (Wildman–Crippen LogP) is 0.407. The van der Waals surface area contributed by atoms with Crippen LogP contribution >= 0.6 is 0 Å². The molecule has 2 nitrogen and oxygen atoms in total. The Morgan fingerprint density at radius 3 is 2.44 bits per heavy atom. The second kappa shape index (κ2) is 3.49. The van der Waals surface area contributed by atoms with Crippen molar-refractivity contribution in [2.75, 3.05) is 13.7 Å². The summed E-state index contributed by atoms with van der Waals surface area (Å²) < 4.78 is 4.70. The molecule has 0 aromatic carbocycles. The van der Waals surface area contributed by atoms with Gasteiger partial charge >= 0.3 is 0 Å². The quantitative estimate of drug-likeness (QED) is 0.558. The molecule has 0 saturated carbocycles. The Balaban J connectivity index is 3.81. The van der Waals surface area contributed by atoms with Gasteiger partial charge in [-0.15, -0.1) is 6.42 Å². The van der Waals surface area contributed by atoms with Crippen LogP contribution in [0, 0.1) is 12.3 Å². The molecule has 0 amide bonds. The predicted molar refractivity (Wildman–Crippen MR) is 35.9 cm³/mol. The van der Waals surface area contributed by atoms with Crippen molar-refractivity contribution in [1.82, 2.24) is 0 Å². The highest BCUT2D eigenvalue weighted by molar-refractivity contribution is 5.06. The molecule has 1 unspecified atom stereocenters. The zero-order chi connectivity index (χ0) is 7.33. The SMILES string of the molecule is C#CC(O)(CC)COC. The molecule has 0 aliphatic carbocycles. The molecular formula is C7H12O2. The number of hydrogen-bond acceptors (Lipinski definition) is 2. The molecule has 0 saturated heterocycles. The van der Waals surface area contributed by atoms with Crippen LogP contribution < -0.4 is 0 Å².